The molecule has 0 fully saturated rings. The zero-order valence-corrected chi connectivity index (χ0v) is 11.5. The highest BCUT2D eigenvalue weighted by atomic mass is 35.5. The summed E-state index contributed by atoms with van der Waals surface area (Å²) in [5.74, 6) is 0.726. The minimum Gasteiger partial charge on any atom is -0.490 e. The monoisotopic (exact) mass is 273 g/mol. The summed E-state index contributed by atoms with van der Waals surface area (Å²) < 4.78 is 10.7. The van der Waals surface area contributed by atoms with E-state index in [1.807, 2.05) is 26.1 Å². The first-order chi connectivity index (χ1) is 8.67. The molecule has 0 saturated carbocycles. The molecule has 0 amide bonds. The number of halogens is 1. The topological polar surface area (TPSA) is 50.7 Å². The second kappa shape index (κ2) is 8.32. The van der Waals surface area contributed by atoms with Crippen LogP contribution in [0.5, 0.6) is 5.75 Å². The van der Waals surface area contributed by atoms with E-state index in [0.29, 0.717) is 18.2 Å². The Labute approximate surface area is 113 Å². The molecule has 2 N–H and O–H groups in total. The zero-order chi connectivity index (χ0) is 13.4. The summed E-state index contributed by atoms with van der Waals surface area (Å²) in [7, 11) is 1.86. The van der Waals surface area contributed by atoms with Gasteiger partial charge in [0.15, 0.2) is 0 Å². The molecule has 1 aromatic carbocycles. The van der Waals surface area contributed by atoms with Crippen molar-refractivity contribution in [1.82, 2.24) is 5.32 Å². The van der Waals surface area contributed by atoms with Crippen LogP contribution in [-0.4, -0.2) is 38.1 Å². The van der Waals surface area contributed by atoms with Crippen LogP contribution in [-0.2, 0) is 11.3 Å². The maximum absolute atomic E-state index is 9.63. The van der Waals surface area contributed by atoms with Gasteiger partial charge in [0.25, 0.3) is 0 Å². The van der Waals surface area contributed by atoms with Crippen molar-refractivity contribution in [3.63, 3.8) is 0 Å². The SMILES string of the molecule is CCOCC(O)COc1ccc(Cl)cc1CNC. The number of nitrogens with one attached hydrogen (secondary N) is 1. The van der Waals surface area contributed by atoms with Crippen LogP contribution in [0.25, 0.3) is 0 Å². The van der Waals surface area contributed by atoms with Crippen LogP contribution in [0.4, 0.5) is 0 Å². The second-order valence-electron chi connectivity index (χ2n) is 3.91. The first-order valence-corrected chi connectivity index (χ1v) is 6.36. The summed E-state index contributed by atoms with van der Waals surface area (Å²) >= 11 is 5.93. The number of ether oxygens (including phenoxy) is 2. The third-order valence-corrected chi connectivity index (χ3v) is 2.57. The highest BCUT2D eigenvalue weighted by Crippen LogP contribution is 2.22. The Morgan fingerprint density at radius 3 is 2.83 bits per heavy atom. The standard InChI is InChI=1S/C13H20ClNO3/c1-3-17-8-12(16)9-18-13-5-4-11(14)6-10(13)7-15-2/h4-6,12,15-16H,3,7-9H2,1-2H3. The molecule has 0 aliphatic heterocycles. The van der Waals surface area contributed by atoms with Crippen LogP contribution in [0.2, 0.25) is 5.02 Å². The van der Waals surface area contributed by atoms with E-state index < -0.39 is 6.10 Å². The van der Waals surface area contributed by atoms with Gasteiger partial charge in [-0.05, 0) is 32.2 Å². The predicted molar refractivity (Wildman–Crippen MR) is 72.2 cm³/mol. The minimum atomic E-state index is -0.622. The van der Waals surface area contributed by atoms with E-state index >= 15 is 0 Å². The Balaban J connectivity index is 2.55. The molecule has 0 radical (unpaired) electrons. The highest BCUT2D eigenvalue weighted by molar-refractivity contribution is 6.30. The molecule has 1 aromatic rings. The van der Waals surface area contributed by atoms with Crippen molar-refractivity contribution in [3.8, 4) is 5.75 Å². The Morgan fingerprint density at radius 2 is 2.17 bits per heavy atom. The number of hydrogen-bond donors (Lipinski definition) is 2. The fourth-order valence-corrected chi connectivity index (χ4v) is 1.70. The summed E-state index contributed by atoms with van der Waals surface area (Å²) in [6, 6.07) is 5.43. The van der Waals surface area contributed by atoms with Crippen LogP contribution in [0.1, 0.15) is 12.5 Å². The molecule has 18 heavy (non-hydrogen) atoms. The summed E-state index contributed by atoms with van der Waals surface area (Å²) in [5, 5.41) is 13.3. The van der Waals surface area contributed by atoms with Crippen LogP contribution in [0.15, 0.2) is 18.2 Å². The molecule has 0 aromatic heterocycles. The average molecular weight is 274 g/mol. The summed E-state index contributed by atoms with van der Waals surface area (Å²) in [4.78, 5) is 0. The molecule has 1 rings (SSSR count). The van der Waals surface area contributed by atoms with E-state index in [2.05, 4.69) is 5.32 Å². The van der Waals surface area contributed by atoms with Gasteiger partial charge in [-0.1, -0.05) is 11.6 Å². The largest absolute Gasteiger partial charge is 0.490 e. The van der Waals surface area contributed by atoms with E-state index in [9.17, 15) is 5.11 Å². The molecule has 0 spiro atoms. The van der Waals surface area contributed by atoms with E-state index in [1.165, 1.54) is 0 Å². The Hall–Kier alpha value is -0.810. The zero-order valence-electron chi connectivity index (χ0n) is 10.8. The van der Waals surface area contributed by atoms with Gasteiger partial charge in [0.1, 0.15) is 18.5 Å². The second-order valence-corrected chi connectivity index (χ2v) is 4.34. The van der Waals surface area contributed by atoms with Crippen molar-refractivity contribution >= 4 is 11.6 Å². The molecule has 1 atom stereocenters. The number of aliphatic hydroxyl groups is 1. The lowest BCUT2D eigenvalue weighted by Gasteiger charge is -2.15. The molecule has 0 heterocycles. The predicted octanol–water partition coefficient (Wildman–Crippen LogP) is 1.84. The van der Waals surface area contributed by atoms with Gasteiger partial charge < -0.3 is 19.9 Å². The van der Waals surface area contributed by atoms with E-state index in [4.69, 9.17) is 21.1 Å². The van der Waals surface area contributed by atoms with Gasteiger partial charge in [0.2, 0.25) is 0 Å². The molecule has 0 aliphatic rings. The van der Waals surface area contributed by atoms with Crippen molar-refractivity contribution < 1.29 is 14.6 Å². The van der Waals surface area contributed by atoms with Gasteiger partial charge in [-0.15, -0.1) is 0 Å². The number of aliphatic hydroxyl groups excluding tert-OH is 1. The average Bonchev–Trinajstić information content (AvgIpc) is 2.36. The third kappa shape index (κ3) is 5.23. The Morgan fingerprint density at radius 1 is 1.39 bits per heavy atom. The van der Waals surface area contributed by atoms with Crippen molar-refractivity contribution in [2.45, 2.75) is 19.6 Å². The summed E-state index contributed by atoms with van der Waals surface area (Å²) in [6.07, 6.45) is -0.622. The molecule has 0 bridgehead atoms. The maximum Gasteiger partial charge on any atom is 0.124 e. The molecule has 0 aliphatic carbocycles. The molecular weight excluding hydrogens is 254 g/mol. The van der Waals surface area contributed by atoms with Gasteiger partial charge in [-0.25, -0.2) is 0 Å². The van der Waals surface area contributed by atoms with Gasteiger partial charge in [0.05, 0.1) is 6.61 Å². The Kier molecular flexibility index (Phi) is 7.05. The lowest BCUT2D eigenvalue weighted by Crippen LogP contribution is -2.24. The van der Waals surface area contributed by atoms with Crippen LogP contribution in [0, 0.1) is 0 Å². The highest BCUT2D eigenvalue weighted by Gasteiger charge is 2.08. The number of rotatable bonds is 8. The first kappa shape index (κ1) is 15.2. The molecule has 0 saturated heterocycles. The number of benzene rings is 1. The van der Waals surface area contributed by atoms with Crippen molar-refractivity contribution in [1.29, 1.82) is 0 Å². The molecule has 102 valence electrons. The fraction of sp³-hybridized carbons (Fsp3) is 0.538. The van der Waals surface area contributed by atoms with Crippen LogP contribution in [0.3, 0.4) is 0 Å². The molecule has 1 unspecified atom stereocenters. The van der Waals surface area contributed by atoms with E-state index in [1.54, 1.807) is 6.07 Å². The molecule has 4 nitrogen and oxygen atoms in total. The summed E-state index contributed by atoms with van der Waals surface area (Å²) in [6.45, 7) is 3.63. The first-order valence-electron chi connectivity index (χ1n) is 5.99. The quantitative estimate of drug-likeness (QED) is 0.759. The minimum absolute atomic E-state index is 0.207. The number of hydrogen-bond acceptors (Lipinski definition) is 4. The third-order valence-electron chi connectivity index (χ3n) is 2.34. The summed E-state index contributed by atoms with van der Waals surface area (Å²) in [5.41, 5.74) is 0.966. The van der Waals surface area contributed by atoms with Gasteiger partial charge >= 0.3 is 0 Å². The smallest absolute Gasteiger partial charge is 0.124 e. The fourth-order valence-electron chi connectivity index (χ4n) is 1.51. The Bertz CT molecular complexity index is 360. The van der Waals surface area contributed by atoms with Gasteiger partial charge in [0, 0.05) is 23.7 Å². The molecule has 5 heteroatoms. The lowest BCUT2D eigenvalue weighted by molar-refractivity contribution is 0.0162. The normalized spacial score (nSPS) is 12.4. The van der Waals surface area contributed by atoms with Crippen molar-refractivity contribution in [2.75, 3.05) is 26.9 Å². The van der Waals surface area contributed by atoms with E-state index in [-0.39, 0.29) is 13.2 Å². The lowest BCUT2D eigenvalue weighted by atomic mass is 10.2. The van der Waals surface area contributed by atoms with Gasteiger partial charge in [-0.2, -0.15) is 0 Å². The van der Waals surface area contributed by atoms with Gasteiger partial charge in [-0.3, -0.25) is 0 Å². The van der Waals surface area contributed by atoms with Crippen LogP contribution >= 0.6 is 11.6 Å². The van der Waals surface area contributed by atoms with Crippen molar-refractivity contribution in [3.05, 3.63) is 28.8 Å². The van der Waals surface area contributed by atoms with Crippen LogP contribution < -0.4 is 10.1 Å². The van der Waals surface area contributed by atoms with Crippen molar-refractivity contribution in [2.24, 2.45) is 0 Å². The van der Waals surface area contributed by atoms with E-state index in [0.717, 1.165) is 11.3 Å². The molecular formula is C13H20ClNO3. The maximum atomic E-state index is 9.63.